The molecule has 2 aromatic heterocycles. The van der Waals surface area contributed by atoms with Crippen LogP contribution in [0.1, 0.15) is 126 Å². The largest absolute Gasteiger partial charge is 0.453 e. The molecule has 4 aromatic rings. The molecule has 0 radical (unpaired) electrons. The number of nitrogens with zero attached hydrogens (tertiary/aromatic N) is 4. The van der Waals surface area contributed by atoms with Crippen LogP contribution in [0.3, 0.4) is 0 Å². The Morgan fingerprint density at radius 1 is 0.787 bits per heavy atom. The number of nitrogens with one attached hydrogen (secondary N) is 3. The molecule has 3 N–H and O–H groups in total. The van der Waals surface area contributed by atoms with Gasteiger partial charge in [-0.25, -0.2) is 14.8 Å². The van der Waals surface area contributed by atoms with E-state index in [-0.39, 0.29) is 94.6 Å². The van der Waals surface area contributed by atoms with Gasteiger partial charge in [0, 0.05) is 30.1 Å². The monoisotopic (exact) mass is 905 g/mol. The number of aromatic nitrogens is 4. The van der Waals surface area contributed by atoms with E-state index < -0.39 is 12.1 Å². The van der Waals surface area contributed by atoms with Crippen molar-refractivity contribution in [2.24, 2.45) is 28.6 Å². The molecule has 2 aromatic carbocycles. The number of amides is 3. The molecule has 11 nitrogen and oxygen atoms in total. The number of likely N-dealkylation sites (tertiary alicyclic amines) is 2. The number of carbonyl (C=O) groups is 3. The van der Waals surface area contributed by atoms with Crippen molar-refractivity contribution in [3.63, 3.8) is 0 Å². The first-order valence-electron chi connectivity index (χ1n) is 21.2. The standard InChI is InChI=1S/C46H55N7O4.4H2S/c1-28(2)39(51-44(56)57-4)43(55)53-27-45(18-19-45)23-37(53)40-47-25-36(50-40)33-15-12-30(13-16-33)10-11-31-14-17-34-35(22-31)49-41(48-34)38-24-46(20-21-46)26-52(38)42(54)29(3)32-8-6-5-7-9-32;;;;/h12-17,22,25,28-29,32,37-39H,5-9,18-21,23-24,26-27H2,1-4H3,(H,47,50)(H,48,49)(H,51,56);4*1H2/t29-,37-,38-,39-;;;;/m0..../s1. The Kier molecular flexibility index (Phi) is 15.3. The highest BCUT2D eigenvalue weighted by Gasteiger charge is 2.56. The number of fused-ring (bicyclic) bond motifs is 1. The zero-order valence-electron chi connectivity index (χ0n) is 35.7. The predicted octanol–water partition coefficient (Wildman–Crippen LogP) is 8.51. The highest BCUT2D eigenvalue weighted by atomic mass is 32.1. The summed E-state index contributed by atoms with van der Waals surface area (Å²) >= 11 is 0. The molecule has 5 fully saturated rings. The van der Waals surface area contributed by atoms with Crippen molar-refractivity contribution < 1.29 is 19.1 Å². The minimum Gasteiger partial charge on any atom is -0.453 e. The molecule has 0 unspecified atom stereocenters. The molecule has 0 bridgehead atoms. The number of aromatic amines is 2. The number of hydrogen-bond acceptors (Lipinski definition) is 6. The van der Waals surface area contributed by atoms with Crippen molar-refractivity contribution in [3.05, 3.63) is 71.4 Å². The molecule has 9 rings (SSSR count). The lowest BCUT2D eigenvalue weighted by molar-refractivity contribution is -0.138. The van der Waals surface area contributed by atoms with Gasteiger partial charge in [-0.15, -0.1) is 0 Å². The number of rotatable bonds is 8. The Morgan fingerprint density at radius 2 is 1.38 bits per heavy atom. The van der Waals surface area contributed by atoms with Crippen LogP contribution in [-0.2, 0) is 14.3 Å². The molecule has 2 saturated heterocycles. The molecule has 5 aliphatic rings. The van der Waals surface area contributed by atoms with Gasteiger partial charge in [-0.1, -0.05) is 64.0 Å². The summed E-state index contributed by atoms with van der Waals surface area (Å²) in [6.45, 7) is 7.55. The van der Waals surface area contributed by atoms with E-state index in [1.165, 1.54) is 52.1 Å². The normalized spacial score (nSPS) is 21.6. The third-order valence-electron chi connectivity index (χ3n) is 13.9. The van der Waals surface area contributed by atoms with E-state index in [2.05, 4.69) is 45.0 Å². The van der Waals surface area contributed by atoms with Crippen molar-refractivity contribution >= 4 is 82.9 Å². The van der Waals surface area contributed by atoms with Crippen LogP contribution >= 0.6 is 54.0 Å². The lowest BCUT2D eigenvalue weighted by Crippen LogP contribution is -2.51. The van der Waals surface area contributed by atoms with Crippen LogP contribution in [0.4, 0.5) is 4.79 Å². The fourth-order valence-electron chi connectivity index (χ4n) is 9.91. The van der Waals surface area contributed by atoms with Gasteiger partial charge in [0.2, 0.25) is 11.8 Å². The van der Waals surface area contributed by atoms with Crippen molar-refractivity contribution in [1.29, 1.82) is 0 Å². The zero-order chi connectivity index (χ0) is 39.5. The third-order valence-corrected chi connectivity index (χ3v) is 13.9. The van der Waals surface area contributed by atoms with Gasteiger partial charge in [0.25, 0.3) is 0 Å². The summed E-state index contributed by atoms with van der Waals surface area (Å²) in [6.07, 6.45) is 13.8. The average Bonchev–Trinajstić information content (AvgIpc) is 3.84. The van der Waals surface area contributed by atoms with E-state index in [1.807, 2.05) is 61.3 Å². The molecule has 4 heterocycles. The van der Waals surface area contributed by atoms with Gasteiger partial charge in [0.15, 0.2) is 0 Å². The van der Waals surface area contributed by atoms with Gasteiger partial charge in [-0.05, 0) is 110 Å². The van der Waals surface area contributed by atoms with Crippen LogP contribution in [-0.4, -0.2) is 73.9 Å². The number of H-pyrrole nitrogens is 2. The van der Waals surface area contributed by atoms with E-state index in [4.69, 9.17) is 14.7 Å². The SMILES string of the molecule is COC(=O)N[C@H](C(=O)N1CC2(CC2)C[C@H]1c1ncc(-c2ccc(C#Cc3ccc4nc([C@@H]5CC6(CC6)CN5C(=O)[C@@H](C)C5CCCCC5)[nH]c4c3)cc2)[nH]1)C(C)C.S.S.S.S. The Hall–Kier alpha value is -3.71. The minimum absolute atomic E-state index is 0. The van der Waals surface area contributed by atoms with E-state index in [9.17, 15) is 14.4 Å². The summed E-state index contributed by atoms with van der Waals surface area (Å²) in [7, 11) is 1.31. The summed E-state index contributed by atoms with van der Waals surface area (Å²) in [4.78, 5) is 60.9. The Labute approximate surface area is 387 Å². The Morgan fingerprint density at radius 3 is 1.98 bits per heavy atom. The lowest BCUT2D eigenvalue weighted by Gasteiger charge is -2.32. The molecule has 2 aliphatic heterocycles. The number of imidazole rings is 2. The molecular weight excluding hydrogens is 843 g/mol. The number of methoxy groups -OCH3 is 1. The first kappa shape index (κ1) is 48.3. The smallest absolute Gasteiger partial charge is 0.407 e. The van der Waals surface area contributed by atoms with E-state index in [0.717, 1.165) is 77.3 Å². The molecule has 2 spiro atoms. The van der Waals surface area contributed by atoms with Crippen LogP contribution in [0.15, 0.2) is 48.7 Å². The zero-order valence-corrected chi connectivity index (χ0v) is 39.7. The molecule has 3 amide bonds. The summed E-state index contributed by atoms with van der Waals surface area (Å²) in [5, 5.41) is 2.75. The number of carbonyl (C=O) groups excluding carboxylic acids is 3. The lowest BCUT2D eigenvalue weighted by atomic mass is 9.80. The molecular formula is C46H63N7O4S4. The predicted molar refractivity (Wildman–Crippen MR) is 259 cm³/mol. The van der Waals surface area contributed by atoms with Crippen LogP contribution < -0.4 is 5.32 Å². The molecule has 3 aliphatic carbocycles. The quantitative estimate of drug-likeness (QED) is 0.152. The fraction of sp³-hybridized carbons (Fsp3) is 0.543. The topological polar surface area (TPSA) is 136 Å². The van der Waals surface area contributed by atoms with Crippen molar-refractivity contribution in [2.45, 2.75) is 110 Å². The Bertz CT molecular complexity index is 2250. The van der Waals surface area contributed by atoms with Gasteiger partial charge in [-0.2, -0.15) is 54.0 Å². The molecule has 15 heteroatoms. The van der Waals surface area contributed by atoms with Crippen LogP contribution in [0.25, 0.3) is 22.3 Å². The highest BCUT2D eigenvalue weighted by Crippen LogP contribution is 2.59. The van der Waals surface area contributed by atoms with Gasteiger partial charge >= 0.3 is 6.09 Å². The minimum atomic E-state index is -0.676. The summed E-state index contributed by atoms with van der Waals surface area (Å²) in [6, 6.07) is 13.4. The molecule has 330 valence electrons. The number of benzene rings is 2. The molecule has 3 saturated carbocycles. The second kappa shape index (κ2) is 19.4. The van der Waals surface area contributed by atoms with Crippen LogP contribution in [0.5, 0.6) is 0 Å². The Balaban J connectivity index is 0.00000176. The maximum absolute atomic E-state index is 14.0. The van der Waals surface area contributed by atoms with Gasteiger partial charge in [0.1, 0.15) is 17.7 Å². The van der Waals surface area contributed by atoms with Crippen molar-refractivity contribution in [3.8, 4) is 23.1 Å². The van der Waals surface area contributed by atoms with Gasteiger partial charge < -0.3 is 29.8 Å². The van der Waals surface area contributed by atoms with Crippen molar-refractivity contribution in [2.75, 3.05) is 20.2 Å². The summed E-state index contributed by atoms with van der Waals surface area (Å²) in [5.41, 5.74) is 5.91. The number of alkyl carbamates (subject to hydrolysis) is 1. The second-order valence-electron chi connectivity index (χ2n) is 18.3. The second-order valence-corrected chi connectivity index (χ2v) is 18.3. The molecule has 61 heavy (non-hydrogen) atoms. The van der Waals surface area contributed by atoms with E-state index in [0.29, 0.717) is 18.4 Å². The summed E-state index contributed by atoms with van der Waals surface area (Å²) in [5.74, 6) is 9.01. The van der Waals surface area contributed by atoms with E-state index >= 15 is 0 Å². The van der Waals surface area contributed by atoms with Crippen LogP contribution in [0, 0.1) is 40.4 Å². The maximum Gasteiger partial charge on any atom is 0.407 e. The van der Waals surface area contributed by atoms with Crippen LogP contribution in [0.2, 0.25) is 0 Å². The third kappa shape index (κ3) is 9.93. The van der Waals surface area contributed by atoms with Crippen molar-refractivity contribution in [1.82, 2.24) is 35.1 Å². The average molecular weight is 906 g/mol. The summed E-state index contributed by atoms with van der Waals surface area (Å²) < 4.78 is 4.81. The number of ether oxygens (including phenoxy) is 1. The molecule has 4 atom stereocenters. The highest BCUT2D eigenvalue weighted by molar-refractivity contribution is 7.59. The first-order valence-corrected chi connectivity index (χ1v) is 21.2. The number of hydrogen-bond donors (Lipinski definition) is 3. The fourth-order valence-corrected chi connectivity index (χ4v) is 9.91. The van der Waals surface area contributed by atoms with Gasteiger partial charge in [-0.3, -0.25) is 9.59 Å². The van der Waals surface area contributed by atoms with Gasteiger partial charge in [0.05, 0.1) is 42.1 Å². The van der Waals surface area contributed by atoms with E-state index in [1.54, 1.807) is 0 Å². The maximum atomic E-state index is 14.0. The first-order chi connectivity index (χ1) is 27.5.